The quantitative estimate of drug-likeness (QED) is 0.744. The maximum absolute atomic E-state index is 12.7. The summed E-state index contributed by atoms with van der Waals surface area (Å²) in [6.07, 6.45) is 1.37. The second-order valence-electron chi connectivity index (χ2n) is 2.71. The highest BCUT2D eigenvalue weighted by Gasteiger charge is 2.07. The molecule has 0 saturated heterocycles. The number of aliphatic hydroxyl groups is 1. The Morgan fingerprint density at radius 3 is 2.85 bits per heavy atom. The third-order valence-corrected chi connectivity index (χ3v) is 2.01. The summed E-state index contributed by atoms with van der Waals surface area (Å²) in [6.45, 7) is 3.50. The van der Waals surface area contributed by atoms with E-state index < -0.39 is 11.9 Å². The first-order valence-electron chi connectivity index (χ1n) is 3.89. The van der Waals surface area contributed by atoms with E-state index >= 15 is 0 Å². The van der Waals surface area contributed by atoms with Crippen molar-refractivity contribution in [1.82, 2.24) is 0 Å². The molecule has 0 spiro atoms. The lowest BCUT2D eigenvalue weighted by molar-refractivity contribution is 0.181. The zero-order valence-corrected chi connectivity index (χ0v) is 7.76. The zero-order chi connectivity index (χ0) is 9.84. The Labute approximate surface area is 81.5 Å². The first-order valence-corrected chi connectivity index (χ1v) is 4.27. The molecule has 3 heteroatoms. The molecule has 1 atom stereocenters. The van der Waals surface area contributed by atoms with E-state index in [9.17, 15) is 9.50 Å². The first kappa shape index (κ1) is 10.2. The minimum Gasteiger partial charge on any atom is -0.388 e. The zero-order valence-electron chi connectivity index (χ0n) is 7.00. The molecule has 0 fully saturated rings. The normalized spacial score (nSPS) is 12.5. The number of rotatable bonds is 3. The molecule has 1 nitrogen and oxygen atoms in total. The second-order valence-corrected chi connectivity index (χ2v) is 3.12. The molecule has 0 saturated carbocycles. The van der Waals surface area contributed by atoms with E-state index in [4.69, 9.17) is 11.6 Å². The molecular weight excluding hydrogens is 191 g/mol. The molecule has 1 aromatic carbocycles. The van der Waals surface area contributed by atoms with Gasteiger partial charge in [0.1, 0.15) is 5.82 Å². The van der Waals surface area contributed by atoms with Crippen LogP contribution in [0.2, 0.25) is 5.02 Å². The van der Waals surface area contributed by atoms with Gasteiger partial charge >= 0.3 is 0 Å². The van der Waals surface area contributed by atoms with Gasteiger partial charge in [-0.1, -0.05) is 23.7 Å². The minimum atomic E-state index is -0.657. The molecule has 0 amide bonds. The molecule has 0 aliphatic rings. The average molecular weight is 201 g/mol. The van der Waals surface area contributed by atoms with Gasteiger partial charge in [0.25, 0.3) is 0 Å². The van der Waals surface area contributed by atoms with Crippen LogP contribution in [-0.4, -0.2) is 5.11 Å². The molecule has 0 aliphatic heterocycles. The SMILES string of the molecule is C=CCC(O)c1ccc(F)c(Cl)c1. The molecule has 1 unspecified atom stereocenters. The van der Waals surface area contributed by atoms with E-state index in [0.717, 1.165) is 0 Å². The van der Waals surface area contributed by atoms with Crippen LogP contribution in [-0.2, 0) is 0 Å². The van der Waals surface area contributed by atoms with Crippen LogP contribution in [0.15, 0.2) is 30.9 Å². The Balaban J connectivity index is 2.89. The molecule has 0 radical (unpaired) electrons. The Hall–Kier alpha value is -0.860. The summed E-state index contributed by atoms with van der Waals surface area (Å²) >= 11 is 5.55. The van der Waals surface area contributed by atoms with E-state index in [1.54, 1.807) is 6.08 Å². The van der Waals surface area contributed by atoms with Crippen LogP contribution in [0.5, 0.6) is 0 Å². The van der Waals surface area contributed by atoms with Gasteiger partial charge in [0.05, 0.1) is 11.1 Å². The van der Waals surface area contributed by atoms with Crippen molar-refractivity contribution in [2.24, 2.45) is 0 Å². The topological polar surface area (TPSA) is 20.2 Å². The summed E-state index contributed by atoms with van der Waals surface area (Å²) in [5.41, 5.74) is 0.603. The smallest absolute Gasteiger partial charge is 0.141 e. The fourth-order valence-electron chi connectivity index (χ4n) is 1.01. The summed E-state index contributed by atoms with van der Waals surface area (Å²) < 4.78 is 12.7. The van der Waals surface area contributed by atoms with Gasteiger partial charge in [0, 0.05) is 0 Å². The van der Waals surface area contributed by atoms with Crippen LogP contribution < -0.4 is 0 Å². The van der Waals surface area contributed by atoms with E-state index in [1.165, 1.54) is 18.2 Å². The minimum absolute atomic E-state index is 0.0283. The lowest BCUT2D eigenvalue weighted by atomic mass is 10.1. The lowest BCUT2D eigenvalue weighted by Gasteiger charge is -2.08. The van der Waals surface area contributed by atoms with Gasteiger partial charge < -0.3 is 5.11 Å². The van der Waals surface area contributed by atoms with Gasteiger partial charge in [-0.05, 0) is 24.1 Å². The lowest BCUT2D eigenvalue weighted by Crippen LogP contribution is -1.95. The standard InChI is InChI=1S/C10H10ClFO/c1-2-3-10(13)7-4-5-9(12)8(11)6-7/h2,4-6,10,13H,1,3H2. The van der Waals surface area contributed by atoms with Gasteiger partial charge in [-0.3, -0.25) is 0 Å². The highest BCUT2D eigenvalue weighted by Crippen LogP contribution is 2.22. The van der Waals surface area contributed by atoms with Crippen LogP contribution in [0, 0.1) is 5.82 Å². The fraction of sp³-hybridized carbons (Fsp3) is 0.200. The number of benzene rings is 1. The van der Waals surface area contributed by atoms with Crippen LogP contribution in [0.4, 0.5) is 4.39 Å². The Morgan fingerprint density at radius 2 is 2.31 bits per heavy atom. The Morgan fingerprint density at radius 1 is 1.62 bits per heavy atom. The van der Waals surface area contributed by atoms with E-state index in [2.05, 4.69) is 6.58 Å². The molecule has 0 aliphatic carbocycles. The van der Waals surface area contributed by atoms with Crippen molar-refractivity contribution in [3.63, 3.8) is 0 Å². The predicted molar refractivity (Wildman–Crippen MR) is 51.2 cm³/mol. The van der Waals surface area contributed by atoms with Crippen molar-refractivity contribution >= 4 is 11.6 Å². The molecule has 1 N–H and O–H groups in total. The van der Waals surface area contributed by atoms with E-state index in [-0.39, 0.29) is 5.02 Å². The number of hydrogen-bond acceptors (Lipinski definition) is 1. The van der Waals surface area contributed by atoms with Crippen molar-refractivity contribution in [2.75, 3.05) is 0 Å². The molecule has 13 heavy (non-hydrogen) atoms. The van der Waals surface area contributed by atoms with Gasteiger partial charge in [0.15, 0.2) is 0 Å². The van der Waals surface area contributed by atoms with Crippen molar-refractivity contribution < 1.29 is 9.50 Å². The number of hydrogen-bond donors (Lipinski definition) is 1. The van der Waals surface area contributed by atoms with Crippen LogP contribution in [0.1, 0.15) is 18.1 Å². The average Bonchev–Trinajstić information content (AvgIpc) is 2.10. The van der Waals surface area contributed by atoms with E-state index in [1.807, 2.05) is 0 Å². The number of aliphatic hydroxyl groups excluding tert-OH is 1. The predicted octanol–water partition coefficient (Wildman–Crippen LogP) is 3.09. The van der Waals surface area contributed by atoms with Gasteiger partial charge in [0.2, 0.25) is 0 Å². The van der Waals surface area contributed by atoms with Crippen LogP contribution >= 0.6 is 11.6 Å². The van der Waals surface area contributed by atoms with Crippen LogP contribution in [0.25, 0.3) is 0 Å². The third kappa shape index (κ3) is 2.54. The maximum atomic E-state index is 12.7. The van der Waals surface area contributed by atoms with Gasteiger partial charge in [-0.25, -0.2) is 4.39 Å². The van der Waals surface area contributed by atoms with Crippen LogP contribution in [0.3, 0.4) is 0 Å². The molecular formula is C10H10ClFO. The molecule has 1 aromatic rings. The van der Waals surface area contributed by atoms with Crippen molar-refractivity contribution in [2.45, 2.75) is 12.5 Å². The molecule has 70 valence electrons. The largest absolute Gasteiger partial charge is 0.388 e. The summed E-state index contributed by atoms with van der Waals surface area (Å²) in [7, 11) is 0. The first-order chi connectivity index (χ1) is 6.15. The summed E-state index contributed by atoms with van der Waals surface area (Å²) in [5.74, 6) is -0.476. The summed E-state index contributed by atoms with van der Waals surface area (Å²) in [6, 6.07) is 4.17. The van der Waals surface area contributed by atoms with E-state index in [0.29, 0.717) is 12.0 Å². The van der Waals surface area contributed by atoms with Crippen molar-refractivity contribution in [1.29, 1.82) is 0 Å². The fourth-order valence-corrected chi connectivity index (χ4v) is 1.20. The van der Waals surface area contributed by atoms with Crippen molar-refractivity contribution in [3.05, 3.63) is 47.3 Å². The second kappa shape index (κ2) is 4.40. The molecule has 0 heterocycles. The number of halogens is 2. The Bertz CT molecular complexity index is 312. The van der Waals surface area contributed by atoms with Gasteiger partial charge in [-0.2, -0.15) is 0 Å². The highest BCUT2D eigenvalue weighted by molar-refractivity contribution is 6.30. The Kier molecular flexibility index (Phi) is 3.46. The molecule has 0 aromatic heterocycles. The maximum Gasteiger partial charge on any atom is 0.141 e. The third-order valence-electron chi connectivity index (χ3n) is 1.72. The van der Waals surface area contributed by atoms with Gasteiger partial charge in [-0.15, -0.1) is 6.58 Å². The molecule has 1 rings (SSSR count). The summed E-state index contributed by atoms with van der Waals surface area (Å²) in [4.78, 5) is 0. The molecule has 0 bridgehead atoms. The monoisotopic (exact) mass is 200 g/mol. The highest BCUT2D eigenvalue weighted by atomic mass is 35.5. The summed E-state index contributed by atoms with van der Waals surface area (Å²) in [5, 5.41) is 9.51. The van der Waals surface area contributed by atoms with Crippen molar-refractivity contribution in [3.8, 4) is 0 Å².